The molecule has 2 fully saturated rings. The largest absolute Gasteiger partial charge is 0.416 e. The van der Waals surface area contributed by atoms with Crippen molar-refractivity contribution in [3.05, 3.63) is 35.4 Å². The maximum absolute atomic E-state index is 12.5. The van der Waals surface area contributed by atoms with E-state index in [0.717, 1.165) is 25.2 Å². The number of amides is 1. The molecule has 1 saturated carbocycles. The molecule has 2 nitrogen and oxygen atoms in total. The Morgan fingerprint density at radius 2 is 1.52 bits per heavy atom. The van der Waals surface area contributed by atoms with E-state index in [4.69, 9.17) is 0 Å². The number of carbonyl (C=O) groups is 1. The first-order valence-electron chi connectivity index (χ1n) is 7.41. The standard InChI is InChI=1S/C16H18F3NO/c17-16(18,19)14-7-5-11(6-8-14)15(21)20-9-12-3-1-2-4-13(12)10-20/h5-8,12-13H,1-4,9-10H2. The molecule has 1 heterocycles. The Bertz CT molecular complexity index is 509. The summed E-state index contributed by atoms with van der Waals surface area (Å²) in [5.41, 5.74) is -0.365. The van der Waals surface area contributed by atoms with E-state index >= 15 is 0 Å². The zero-order chi connectivity index (χ0) is 15.0. The summed E-state index contributed by atoms with van der Waals surface area (Å²) in [6.07, 6.45) is 0.431. The van der Waals surface area contributed by atoms with Gasteiger partial charge in [0.2, 0.25) is 0 Å². The second-order valence-electron chi connectivity index (χ2n) is 6.09. The molecule has 0 bridgehead atoms. The highest BCUT2D eigenvalue weighted by molar-refractivity contribution is 5.94. The molecule has 0 N–H and O–H groups in total. The lowest BCUT2D eigenvalue weighted by molar-refractivity contribution is -0.137. The van der Waals surface area contributed by atoms with Crippen LogP contribution in [-0.4, -0.2) is 23.9 Å². The van der Waals surface area contributed by atoms with Crippen molar-refractivity contribution in [3.63, 3.8) is 0 Å². The number of nitrogens with zero attached hydrogens (tertiary/aromatic N) is 1. The average Bonchev–Trinajstić information content (AvgIpc) is 2.89. The van der Waals surface area contributed by atoms with Crippen molar-refractivity contribution >= 4 is 5.91 Å². The monoisotopic (exact) mass is 297 g/mol. The zero-order valence-electron chi connectivity index (χ0n) is 11.7. The van der Waals surface area contributed by atoms with E-state index < -0.39 is 11.7 Å². The van der Waals surface area contributed by atoms with Crippen LogP contribution in [0.5, 0.6) is 0 Å². The molecular formula is C16H18F3NO. The third-order valence-electron chi connectivity index (χ3n) is 4.72. The van der Waals surface area contributed by atoms with Crippen molar-refractivity contribution in [2.45, 2.75) is 31.9 Å². The molecule has 1 aromatic carbocycles. The third kappa shape index (κ3) is 2.92. The van der Waals surface area contributed by atoms with Gasteiger partial charge in [-0.1, -0.05) is 12.8 Å². The zero-order valence-corrected chi connectivity index (χ0v) is 11.7. The molecule has 1 amide bonds. The quantitative estimate of drug-likeness (QED) is 0.768. The summed E-state index contributed by atoms with van der Waals surface area (Å²) >= 11 is 0. The van der Waals surface area contributed by atoms with Crippen LogP contribution in [-0.2, 0) is 6.18 Å². The van der Waals surface area contributed by atoms with E-state index in [-0.39, 0.29) is 5.91 Å². The summed E-state index contributed by atoms with van der Waals surface area (Å²) in [6, 6.07) is 4.53. The normalized spacial score (nSPS) is 25.8. The van der Waals surface area contributed by atoms with Crippen LogP contribution in [0.25, 0.3) is 0 Å². The molecule has 2 unspecified atom stereocenters. The van der Waals surface area contributed by atoms with Crippen molar-refractivity contribution in [1.29, 1.82) is 0 Å². The van der Waals surface area contributed by atoms with E-state index in [1.807, 2.05) is 4.90 Å². The summed E-state index contributed by atoms with van der Waals surface area (Å²) in [4.78, 5) is 14.2. The van der Waals surface area contributed by atoms with Gasteiger partial charge in [0.05, 0.1) is 5.56 Å². The smallest absolute Gasteiger partial charge is 0.338 e. The second-order valence-corrected chi connectivity index (χ2v) is 6.09. The predicted octanol–water partition coefficient (Wildman–Crippen LogP) is 3.97. The summed E-state index contributed by atoms with van der Waals surface area (Å²) < 4.78 is 37.6. The van der Waals surface area contributed by atoms with Crippen LogP contribution in [0.15, 0.2) is 24.3 Å². The number of hydrogen-bond donors (Lipinski definition) is 0. The summed E-state index contributed by atoms with van der Waals surface area (Å²) in [5.74, 6) is 1.02. The van der Waals surface area contributed by atoms with Gasteiger partial charge in [-0.05, 0) is 48.9 Å². The van der Waals surface area contributed by atoms with Crippen LogP contribution >= 0.6 is 0 Å². The minimum Gasteiger partial charge on any atom is -0.338 e. The third-order valence-corrected chi connectivity index (χ3v) is 4.72. The lowest BCUT2D eigenvalue weighted by Gasteiger charge is -2.22. The number of likely N-dealkylation sites (tertiary alicyclic amines) is 1. The van der Waals surface area contributed by atoms with Gasteiger partial charge in [0.25, 0.3) is 5.91 Å². The molecule has 114 valence electrons. The van der Waals surface area contributed by atoms with Crippen molar-refractivity contribution < 1.29 is 18.0 Å². The first-order chi connectivity index (χ1) is 9.95. The van der Waals surface area contributed by atoms with Crippen molar-refractivity contribution in [2.24, 2.45) is 11.8 Å². The summed E-state index contributed by atoms with van der Waals surface area (Å²) in [5, 5.41) is 0. The lowest BCUT2D eigenvalue weighted by Crippen LogP contribution is -2.29. The minimum absolute atomic E-state index is 0.141. The predicted molar refractivity (Wildman–Crippen MR) is 72.8 cm³/mol. The fourth-order valence-electron chi connectivity index (χ4n) is 3.56. The highest BCUT2D eigenvalue weighted by atomic mass is 19.4. The van der Waals surface area contributed by atoms with Crippen molar-refractivity contribution in [1.82, 2.24) is 4.90 Å². The molecule has 2 aliphatic rings. The molecular weight excluding hydrogens is 279 g/mol. The van der Waals surface area contributed by atoms with E-state index in [1.165, 1.54) is 37.8 Å². The van der Waals surface area contributed by atoms with Crippen molar-refractivity contribution in [3.8, 4) is 0 Å². The maximum Gasteiger partial charge on any atom is 0.416 e. The van der Waals surface area contributed by atoms with E-state index in [9.17, 15) is 18.0 Å². The molecule has 0 spiro atoms. The number of hydrogen-bond acceptors (Lipinski definition) is 1. The van der Waals surface area contributed by atoms with E-state index in [2.05, 4.69) is 0 Å². The van der Waals surface area contributed by atoms with Gasteiger partial charge in [-0.25, -0.2) is 0 Å². The Morgan fingerprint density at radius 1 is 1.00 bits per heavy atom. The molecule has 1 aliphatic heterocycles. The molecule has 3 rings (SSSR count). The molecule has 0 aromatic heterocycles. The second kappa shape index (κ2) is 5.35. The van der Waals surface area contributed by atoms with Gasteiger partial charge < -0.3 is 4.90 Å². The molecule has 2 atom stereocenters. The number of fused-ring (bicyclic) bond motifs is 1. The van der Waals surface area contributed by atoms with Crippen LogP contribution in [0.4, 0.5) is 13.2 Å². The molecule has 1 aliphatic carbocycles. The van der Waals surface area contributed by atoms with Crippen LogP contribution in [0.3, 0.4) is 0 Å². The molecule has 1 saturated heterocycles. The molecule has 1 aromatic rings. The van der Waals surface area contributed by atoms with Gasteiger partial charge in [-0.3, -0.25) is 4.79 Å². The van der Waals surface area contributed by atoms with E-state index in [1.54, 1.807) is 0 Å². The maximum atomic E-state index is 12.5. The van der Waals surface area contributed by atoms with Gasteiger partial charge in [0, 0.05) is 18.7 Å². The Kier molecular flexibility index (Phi) is 3.68. The summed E-state index contributed by atoms with van der Waals surface area (Å²) in [7, 11) is 0. The topological polar surface area (TPSA) is 20.3 Å². The first kappa shape index (κ1) is 14.4. The van der Waals surface area contributed by atoms with Crippen LogP contribution in [0.1, 0.15) is 41.6 Å². The highest BCUT2D eigenvalue weighted by Gasteiger charge is 2.37. The van der Waals surface area contributed by atoms with Gasteiger partial charge in [-0.2, -0.15) is 13.2 Å². The van der Waals surface area contributed by atoms with Crippen LogP contribution in [0.2, 0.25) is 0 Å². The van der Waals surface area contributed by atoms with E-state index in [0.29, 0.717) is 17.4 Å². The fraction of sp³-hybridized carbons (Fsp3) is 0.562. The molecule has 21 heavy (non-hydrogen) atoms. The van der Waals surface area contributed by atoms with Gasteiger partial charge in [0.15, 0.2) is 0 Å². The summed E-state index contributed by atoms with van der Waals surface area (Å²) in [6.45, 7) is 1.51. The lowest BCUT2D eigenvalue weighted by atomic mass is 9.82. The fourth-order valence-corrected chi connectivity index (χ4v) is 3.56. The Balaban J connectivity index is 1.71. The van der Waals surface area contributed by atoms with Crippen LogP contribution < -0.4 is 0 Å². The number of carbonyl (C=O) groups excluding carboxylic acids is 1. The van der Waals surface area contributed by atoms with Gasteiger partial charge in [0.1, 0.15) is 0 Å². The highest BCUT2D eigenvalue weighted by Crippen LogP contribution is 2.36. The minimum atomic E-state index is -4.36. The number of rotatable bonds is 1. The van der Waals surface area contributed by atoms with Crippen molar-refractivity contribution in [2.75, 3.05) is 13.1 Å². The molecule has 0 radical (unpaired) electrons. The Morgan fingerprint density at radius 3 is 2.00 bits per heavy atom. The number of alkyl halides is 3. The van der Waals surface area contributed by atoms with Gasteiger partial charge >= 0.3 is 6.18 Å². The first-order valence-corrected chi connectivity index (χ1v) is 7.41. The SMILES string of the molecule is O=C(c1ccc(C(F)(F)F)cc1)N1CC2CCCCC2C1. The average molecular weight is 297 g/mol. The number of halogens is 3. The Labute approximate surface area is 121 Å². The van der Waals surface area contributed by atoms with Gasteiger partial charge in [-0.15, -0.1) is 0 Å². The van der Waals surface area contributed by atoms with Crippen LogP contribution in [0, 0.1) is 11.8 Å². The molecule has 5 heteroatoms. The Hall–Kier alpha value is -1.52. The number of benzene rings is 1.